The van der Waals surface area contributed by atoms with E-state index in [9.17, 15) is 8.42 Å². The maximum absolute atomic E-state index is 11.2. The first-order valence-corrected chi connectivity index (χ1v) is 7.67. The van der Waals surface area contributed by atoms with E-state index in [1.165, 1.54) is 6.26 Å². The number of para-hydroxylation sites is 1. The van der Waals surface area contributed by atoms with E-state index in [-0.39, 0.29) is 17.8 Å². The summed E-state index contributed by atoms with van der Waals surface area (Å²) in [6, 6.07) is 7.84. The Bertz CT molecular complexity index is 498. The number of sulfone groups is 1. The van der Waals surface area contributed by atoms with Crippen LogP contribution < -0.4 is 10.1 Å². The van der Waals surface area contributed by atoms with Crippen LogP contribution in [-0.4, -0.2) is 33.1 Å². The second kappa shape index (κ2) is 4.66. The van der Waals surface area contributed by atoms with Gasteiger partial charge in [0.15, 0.2) is 0 Å². The lowest BCUT2D eigenvalue weighted by atomic mass is 10.1. The molecular formula is C12H17NO3S. The standard InChI is InChI=1S/C12H17NO3S/c1-9(8-17(2,14)15)13-11-7-16-12-6-4-3-5-10(11)12/h3-6,9,11,13H,7-8H2,1-2H3. The quantitative estimate of drug-likeness (QED) is 0.876. The van der Waals surface area contributed by atoms with Crippen LogP contribution in [0.25, 0.3) is 0 Å². The lowest BCUT2D eigenvalue weighted by molar-refractivity contribution is 0.303. The van der Waals surface area contributed by atoms with Gasteiger partial charge in [0.25, 0.3) is 0 Å². The molecule has 2 rings (SSSR count). The van der Waals surface area contributed by atoms with Gasteiger partial charge in [-0.05, 0) is 13.0 Å². The highest BCUT2D eigenvalue weighted by Crippen LogP contribution is 2.31. The fraction of sp³-hybridized carbons (Fsp3) is 0.500. The number of ether oxygens (including phenoxy) is 1. The number of fused-ring (bicyclic) bond motifs is 1. The third kappa shape index (κ3) is 3.20. The van der Waals surface area contributed by atoms with Crippen molar-refractivity contribution in [3.63, 3.8) is 0 Å². The van der Waals surface area contributed by atoms with Crippen molar-refractivity contribution < 1.29 is 13.2 Å². The van der Waals surface area contributed by atoms with Gasteiger partial charge in [0.2, 0.25) is 0 Å². The highest BCUT2D eigenvalue weighted by molar-refractivity contribution is 7.90. The maximum Gasteiger partial charge on any atom is 0.148 e. The van der Waals surface area contributed by atoms with Crippen LogP contribution in [0.2, 0.25) is 0 Å². The number of rotatable bonds is 4. The van der Waals surface area contributed by atoms with Crippen molar-refractivity contribution in [2.45, 2.75) is 19.0 Å². The number of benzene rings is 1. The molecule has 0 saturated carbocycles. The average Bonchev–Trinajstić information content (AvgIpc) is 2.59. The summed E-state index contributed by atoms with van der Waals surface area (Å²) in [5, 5.41) is 3.29. The number of hydrogen-bond donors (Lipinski definition) is 1. The summed E-state index contributed by atoms with van der Waals surface area (Å²) < 4.78 is 27.9. The van der Waals surface area contributed by atoms with Gasteiger partial charge >= 0.3 is 0 Å². The van der Waals surface area contributed by atoms with E-state index in [1.54, 1.807) is 0 Å². The topological polar surface area (TPSA) is 55.4 Å². The van der Waals surface area contributed by atoms with Gasteiger partial charge in [0.1, 0.15) is 22.2 Å². The first-order chi connectivity index (χ1) is 7.96. The smallest absolute Gasteiger partial charge is 0.148 e. The summed E-state index contributed by atoms with van der Waals surface area (Å²) in [6.45, 7) is 2.44. The number of nitrogens with one attached hydrogen (secondary N) is 1. The van der Waals surface area contributed by atoms with E-state index >= 15 is 0 Å². The van der Waals surface area contributed by atoms with Crippen molar-refractivity contribution in [1.82, 2.24) is 5.32 Å². The highest BCUT2D eigenvalue weighted by atomic mass is 32.2. The van der Waals surface area contributed by atoms with Gasteiger partial charge in [0.05, 0.1) is 11.8 Å². The minimum absolute atomic E-state index is 0.0789. The molecule has 0 fully saturated rings. The Balaban J connectivity index is 2.02. The summed E-state index contributed by atoms with van der Waals surface area (Å²) in [7, 11) is -2.95. The summed E-state index contributed by atoms with van der Waals surface area (Å²) in [5.74, 6) is 1.03. The first-order valence-electron chi connectivity index (χ1n) is 5.61. The van der Waals surface area contributed by atoms with Gasteiger partial charge in [0, 0.05) is 17.9 Å². The molecule has 0 aliphatic carbocycles. The van der Waals surface area contributed by atoms with Gasteiger partial charge in [-0.25, -0.2) is 8.42 Å². The summed E-state index contributed by atoms with van der Waals surface area (Å²) >= 11 is 0. The van der Waals surface area contributed by atoms with Crippen molar-refractivity contribution in [3.05, 3.63) is 29.8 Å². The fourth-order valence-electron chi connectivity index (χ4n) is 2.15. The van der Waals surface area contributed by atoms with Crippen molar-refractivity contribution >= 4 is 9.84 Å². The molecule has 0 bridgehead atoms. The Morgan fingerprint density at radius 1 is 1.47 bits per heavy atom. The number of hydrogen-bond acceptors (Lipinski definition) is 4. The molecule has 1 aromatic rings. The molecule has 2 unspecified atom stereocenters. The Labute approximate surface area is 102 Å². The van der Waals surface area contributed by atoms with Gasteiger partial charge < -0.3 is 10.1 Å². The van der Waals surface area contributed by atoms with Crippen LogP contribution in [0, 0.1) is 0 Å². The lowest BCUT2D eigenvalue weighted by Gasteiger charge is -2.17. The molecule has 1 N–H and O–H groups in total. The van der Waals surface area contributed by atoms with E-state index in [4.69, 9.17) is 4.74 Å². The zero-order valence-corrected chi connectivity index (χ0v) is 10.8. The molecule has 0 radical (unpaired) electrons. The fourth-order valence-corrected chi connectivity index (χ4v) is 3.15. The van der Waals surface area contributed by atoms with Crippen molar-refractivity contribution in [2.24, 2.45) is 0 Å². The predicted octanol–water partition coefficient (Wildman–Crippen LogP) is 1.14. The van der Waals surface area contributed by atoms with Crippen molar-refractivity contribution in [3.8, 4) is 5.75 Å². The van der Waals surface area contributed by atoms with Gasteiger partial charge in [-0.1, -0.05) is 18.2 Å². The van der Waals surface area contributed by atoms with Gasteiger partial charge in [-0.15, -0.1) is 0 Å². The molecule has 0 saturated heterocycles. The second-order valence-electron chi connectivity index (χ2n) is 4.56. The average molecular weight is 255 g/mol. The Morgan fingerprint density at radius 3 is 2.88 bits per heavy atom. The second-order valence-corrected chi connectivity index (χ2v) is 6.75. The van der Waals surface area contributed by atoms with E-state index < -0.39 is 9.84 Å². The summed E-state index contributed by atoms with van der Waals surface area (Å²) in [4.78, 5) is 0. The molecule has 2 atom stereocenters. The summed E-state index contributed by atoms with van der Waals surface area (Å²) in [6.07, 6.45) is 1.25. The minimum atomic E-state index is -2.95. The largest absolute Gasteiger partial charge is 0.491 e. The van der Waals surface area contributed by atoms with Crippen molar-refractivity contribution in [2.75, 3.05) is 18.6 Å². The van der Waals surface area contributed by atoms with Crippen LogP contribution in [0.3, 0.4) is 0 Å². The molecule has 17 heavy (non-hydrogen) atoms. The van der Waals surface area contributed by atoms with Crippen LogP contribution in [0.15, 0.2) is 24.3 Å². The van der Waals surface area contributed by atoms with E-state index in [1.807, 2.05) is 31.2 Å². The zero-order chi connectivity index (χ0) is 12.5. The monoisotopic (exact) mass is 255 g/mol. The summed E-state index contributed by atoms with van der Waals surface area (Å²) in [5.41, 5.74) is 1.10. The molecule has 0 spiro atoms. The molecule has 1 aliphatic rings. The lowest BCUT2D eigenvalue weighted by Crippen LogP contribution is -2.36. The molecular weight excluding hydrogens is 238 g/mol. The Kier molecular flexibility index (Phi) is 3.40. The van der Waals surface area contributed by atoms with E-state index in [0.717, 1.165) is 11.3 Å². The molecule has 5 heteroatoms. The Morgan fingerprint density at radius 2 is 2.18 bits per heavy atom. The van der Waals surface area contributed by atoms with Crippen LogP contribution in [0.1, 0.15) is 18.5 Å². The molecule has 0 amide bonds. The molecule has 4 nitrogen and oxygen atoms in total. The predicted molar refractivity (Wildman–Crippen MR) is 67.0 cm³/mol. The Hall–Kier alpha value is -1.07. The van der Waals surface area contributed by atoms with E-state index in [2.05, 4.69) is 5.32 Å². The molecule has 0 aromatic heterocycles. The third-order valence-corrected chi connectivity index (χ3v) is 3.84. The molecule has 1 aromatic carbocycles. The zero-order valence-electron chi connectivity index (χ0n) is 10.0. The van der Waals surface area contributed by atoms with Crippen LogP contribution >= 0.6 is 0 Å². The van der Waals surface area contributed by atoms with Crippen molar-refractivity contribution in [1.29, 1.82) is 0 Å². The molecule has 1 heterocycles. The molecule has 94 valence electrons. The van der Waals surface area contributed by atoms with Gasteiger partial charge in [-0.2, -0.15) is 0 Å². The third-order valence-electron chi connectivity index (χ3n) is 2.74. The van der Waals surface area contributed by atoms with Crippen LogP contribution in [-0.2, 0) is 9.84 Å². The SMILES string of the molecule is CC(CS(C)(=O)=O)NC1COc2ccccc21. The van der Waals surface area contributed by atoms with Crippen LogP contribution in [0.4, 0.5) is 0 Å². The maximum atomic E-state index is 11.2. The normalized spacial score (nSPS) is 20.7. The minimum Gasteiger partial charge on any atom is -0.491 e. The van der Waals surface area contributed by atoms with Gasteiger partial charge in [-0.3, -0.25) is 0 Å². The molecule has 1 aliphatic heterocycles. The van der Waals surface area contributed by atoms with E-state index in [0.29, 0.717) is 6.61 Å². The first kappa shape index (κ1) is 12.4. The van der Waals surface area contributed by atoms with Crippen LogP contribution in [0.5, 0.6) is 5.75 Å². The highest BCUT2D eigenvalue weighted by Gasteiger charge is 2.25.